The Morgan fingerprint density at radius 3 is 2.60 bits per heavy atom. The van der Waals surface area contributed by atoms with E-state index < -0.39 is 0 Å². The Balaban J connectivity index is 1.65. The molecule has 0 amide bonds. The predicted octanol–water partition coefficient (Wildman–Crippen LogP) is 4.68. The van der Waals surface area contributed by atoms with E-state index in [0.717, 1.165) is 24.3 Å². The number of hydrogen-bond donors (Lipinski definition) is 1. The average Bonchev–Trinajstić information content (AvgIpc) is 2.50. The van der Waals surface area contributed by atoms with Gasteiger partial charge in [-0.05, 0) is 25.1 Å². The van der Waals surface area contributed by atoms with Gasteiger partial charge in [-0.15, -0.1) is 0 Å². The van der Waals surface area contributed by atoms with Crippen molar-refractivity contribution in [2.24, 2.45) is 0 Å². The minimum Gasteiger partial charge on any atom is -0.311 e. The molecule has 0 atom stereocenters. The summed E-state index contributed by atoms with van der Waals surface area (Å²) < 4.78 is 0. The zero-order valence-electron chi connectivity index (χ0n) is 12.6. The molecule has 2 aromatic rings. The molecule has 0 aliphatic heterocycles. The van der Waals surface area contributed by atoms with E-state index >= 15 is 0 Å². The van der Waals surface area contributed by atoms with Crippen molar-refractivity contribution < 1.29 is 0 Å². The lowest BCUT2D eigenvalue weighted by atomic mass is 10.1. The van der Waals surface area contributed by atoms with Gasteiger partial charge in [0.1, 0.15) is 0 Å². The minimum absolute atomic E-state index is 0.875. The molecule has 0 aliphatic carbocycles. The topological polar surface area (TPSA) is 24.9 Å². The maximum atomic E-state index is 4.67. The van der Waals surface area contributed by atoms with Crippen molar-refractivity contribution in [1.29, 1.82) is 0 Å². The highest BCUT2D eigenvalue weighted by Gasteiger charge is 1.97. The monoisotopic (exact) mass is 270 g/mol. The number of nitrogens with zero attached hydrogens (tertiary/aromatic N) is 1. The molecule has 0 saturated carbocycles. The van der Waals surface area contributed by atoms with E-state index in [1.54, 1.807) is 0 Å². The summed E-state index contributed by atoms with van der Waals surface area (Å²) >= 11 is 0. The number of fused-ring (bicyclic) bond motifs is 1. The molecular weight excluding hydrogens is 244 g/mol. The first-order valence-electron chi connectivity index (χ1n) is 7.95. The van der Waals surface area contributed by atoms with E-state index in [0.29, 0.717) is 0 Å². The van der Waals surface area contributed by atoms with Gasteiger partial charge in [0.05, 0.1) is 11.2 Å². The third-order valence-corrected chi connectivity index (χ3v) is 3.67. The number of nitrogens with one attached hydrogen (secondary N) is 1. The largest absolute Gasteiger partial charge is 0.311 e. The SMILES string of the molecule is CCCCCCCCNCc1ccc2ccccc2n1. The van der Waals surface area contributed by atoms with E-state index in [1.807, 2.05) is 6.07 Å². The highest BCUT2D eigenvalue weighted by molar-refractivity contribution is 5.78. The molecule has 1 N–H and O–H groups in total. The number of hydrogen-bond acceptors (Lipinski definition) is 2. The van der Waals surface area contributed by atoms with Gasteiger partial charge >= 0.3 is 0 Å². The average molecular weight is 270 g/mol. The van der Waals surface area contributed by atoms with Gasteiger partial charge in [-0.1, -0.05) is 63.3 Å². The van der Waals surface area contributed by atoms with Crippen LogP contribution in [0.2, 0.25) is 0 Å². The van der Waals surface area contributed by atoms with Crippen LogP contribution in [0.1, 0.15) is 51.1 Å². The predicted molar refractivity (Wildman–Crippen MR) is 86.8 cm³/mol. The zero-order valence-corrected chi connectivity index (χ0v) is 12.6. The molecular formula is C18H26N2. The van der Waals surface area contributed by atoms with Crippen LogP contribution in [0, 0.1) is 0 Å². The molecule has 0 bridgehead atoms. The molecule has 0 saturated heterocycles. The first kappa shape index (κ1) is 15.0. The Kier molecular flexibility index (Phi) is 6.52. The Labute approximate surface area is 122 Å². The molecule has 1 aromatic carbocycles. The second kappa shape index (κ2) is 8.70. The van der Waals surface area contributed by atoms with Crippen molar-refractivity contribution in [3.63, 3.8) is 0 Å². The number of para-hydroxylation sites is 1. The minimum atomic E-state index is 0.875. The quantitative estimate of drug-likeness (QED) is 0.669. The summed E-state index contributed by atoms with van der Waals surface area (Å²) in [6.45, 7) is 4.23. The van der Waals surface area contributed by atoms with Crippen LogP contribution in [0.5, 0.6) is 0 Å². The van der Waals surface area contributed by atoms with E-state index in [-0.39, 0.29) is 0 Å². The highest BCUT2D eigenvalue weighted by atomic mass is 14.9. The Hall–Kier alpha value is -1.41. The molecule has 108 valence electrons. The number of pyridine rings is 1. The van der Waals surface area contributed by atoms with Gasteiger partial charge in [0, 0.05) is 11.9 Å². The van der Waals surface area contributed by atoms with Gasteiger partial charge in [-0.2, -0.15) is 0 Å². The van der Waals surface area contributed by atoms with Gasteiger partial charge in [0.2, 0.25) is 0 Å². The van der Waals surface area contributed by atoms with Crippen molar-refractivity contribution >= 4 is 10.9 Å². The van der Waals surface area contributed by atoms with Crippen LogP contribution in [-0.4, -0.2) is 11.5 Å². The van der Waals surface area contributed by atoms with Crippen molar-refractivity contribution in [3.8, 4) is 0 Å². The molecule has 0 unspecified atom stereocenters. The number of benzene rings is 1. The number of aromatic nitrogens is 1. The van der Waals surface area contributed by atoms with Gasteiger partial charge in [0.25, 0.3) is 0 Å². The van der Waals surface area contributed by atoms with E-state index in [1.165, 1.54) is 43.9 Å². The molecule has 2 rings (SSSR count). The second-order valence-corrected chi connectivity index (χ2v) is 5.44. The second-order valence-electron chi connectivity index (χ2n) is 5.44. The molecule has 0 fully saturated rings. The fraction of sp³-hybridized carbons (Fsp3) is 0.500. The standard InChI is InChI=1S/C18H26N2/c1-2-3-4-5-6-9-14-19-15-17-13-12-16-10-7-8-11-18(16)20-17/h7-8,10-13,19H,2-6,9,14-15H2,1H3. The number of unbranched alkanes of at least 4 members (excludes halogenated alkanes) is 5. The summed E-state index contributed by atoms with van der Waals surface area (Å²) in [6, 6.07) is 12.6. The fourth-order valence-corrected chi connectivity index (χ4v) is 2.45. The van der Waals surface area contributed by atoms with Crippen molar-refractivity contribution in [2.45, 2.75) is 52.0 Å². The lowest BCUT2D eigenvalue weighted by Crippen LogP contribution is -2.15. The summed E-state index contributed by atoms with van der Waals surface area (Å²) in [7, 11) is 0. The first-order valence-corrected chi connectivity index (χ1v) is 7.95. The van der Waals surface area contributed by atoms with Crippen molar-refractivity contribution in [2.75, 3.05) is 6.54 Å². The Morgan fingerprint density at radius 1 is 0.900 bits per heavy atom. The van der Waals surface area contributed by atoms with Crippen LogP contribution >= 0.6 is 0 Å². The van der Waals surface area contributed by atoms with Gasteiger partial charge in [-0.3, -0.25) is 4.98 Å². The lowest BCUT2D eigenvalue weighted by molar-refractivity contribution is 0.569. The molecule has 0 aliphatic rings. The molecule has 0 spiro atoms. The number of rotatable bonds is 9. The molecule has 0 radical (unpaired) electrons. The highest BCUT2D eigenvalue weighted by Crippen LogP contribution is 2.11. The Bertz CT molecular complexity index is 507. The van der Waals surface area contributed by atoms with Crippen LogP contribution in [0.25, 0.3) is 10.9 Å². The van der Waals surface area contributed by atoms with Gasteiger partial charge in [-0.25, -0.2) is 0 Å². The summed E-state index contributed by atoms with van der Waals surface area (Å²) in [4.78, 5) is 4.67. The lowest BCUT2D eigenvalue weighted by Gasteiger charge is -2.05. The van der Waals surface area contributed by atoms with Crippen molar-refractivity contribution in [3.05, 3.63) is 42.1 Å². The maximum absolute atomic E-state index is 4.67. The van der Waals surface area contributed by atoms with Crippen molar-refractivity contribution in [1.82, 2.24) is 10.3 Å². The first-order chi connectivity index (χ1) is 9.90. The maximum Gasteiger partial charge on any atom is 0.0705 e. The molecule has 2 nitrogen and oxygen atoms in total. The smallest absolute Gasteiger partial charge is 0.0705 e. The zero-order chi connectivity index (χ0) is 14.0. The molecule has 20 heavy (non-hydrogen) atoms. The Morgan fingerprint density at radius 2 is 1.70 bits per heavy atom. The van der Waals surface area contributed by atoms with Gasteiger partial charge in [0.15, 0.2) is 0 Å². The van der Waals surface area contributed by atoms with Crippen LogP contribution in [0.15, 0.2) is 36.4 Å². The molecule has 1 heterocycles. The van der Waals surface area contributed by atoms with Crippen LogP contribution in [-0.2, 0) is 6.54 Å². The summed E-state index contributed by atoms with van der Waals surface area (Å²) in [6.07, 6.45) is 8.10. The molecule has 2 heteroatoms. The van der Waals surface area contributed by atoms with E-state index in [2.05, 4.69) is 47.6 Å². The summed E-state index contributed by atoms with van der Waals surface area (Å²) in [5.41, 5.74) is 2.22. The van der Waals surface area contributed by atoms with Crippen LogP contribution in [0.4, 0.5) is 0 Å². The normalized spacial score (nSPS) is 11.1. The third kappa shape index (κ3) is 4.93. The summed E-state index contributed by atoms with van der Waals surface area (Å²) in [5.74, 6) is 0. The fourth-order valence-electron chi connectivity index (χ4n) is 2.45. The van der Waals surface area contributed by atoms with E-state index in [9.17, 15) is 0 Å². The van der Waals surface area contributed by atoms with Crippen LogP contribution < -0.4 is 5.32 Å². The van der Waals surface area contributed by atoms with Gasteiger partial charge < -0.3 is 5.32 Å². The third-order valence-electron chi connectivity index (χ3n) is 3.67. The summed E-state index contributed by atoms with van der Waals surface area (Å²) in [5, 5.41) is 4.71. The molecule has 1 aromatic heterocycles. The van der Waals surface area contributed by atoms with E-state index in [4.69, 9.17) is 0 Å². The van der Waals surface area contributed by atoms with Crippen LogP contribution in [0.3, 0.4) is 0 Å².